The van der Waals surface area contributed by atoms with Gasteiger partial charge in [0.05, 0.1) is 0 Å². The second-order valence-electron chi connectivity index (χ2n) is 5.61. The summed E-state index contributed by atoms with van der Waals surface area (Å²) in [6, 6.07) is 6.63. The van der Waals surface area contributed by atoms with Crippen LogP contribution in [0.1, 0.15) is 51.0 Å². The number of nitrogens with two attached hydrogens (primary N) is 1. The fourth-order valence-electron chi connectivity index (χ4n) is 3.14. The van der Waals surface area contributed by atoms with Gasteiger partial charge in [0.1, 0.15) is 4.99 Å². The maximum atomic E-state index is 5.85. The van der Waals surface area contributed by atoms with Gasteiger partial charge in [-0.1, -0.05) is 54.3 Å². The molecule has 110 valence electrons. The van der Waals surface area contributed by atoms with Gasteiger partial charge in [-0.15, -0.1) is 0 Å². The van der Waals surface area contributed by atoms with Gasteiger partial charge in [-0.05, 0) is 43.4 Å². The van der Waals surface area contributed by atoms with Crippen LogP contribution in [0.4, 0.5) is 5.69 Å². The molecule has 1 unspecified atom stereocenters. The number of halogens is 1. The van der Waals surface area contributed by atoms with Crippen molar-refractivity contribution in [1.29, 1.82) is 0 Å². The highest BCUT2D eigenvalue weighted by Gasteiger charge is 2.23. The van der Waals surface area contributed by atoms with Gasteiger partial charge in [0.2, 0.25) is 0 Å². The number of nitrogens with one attached hydrogen (secondary N) is 1. The van der Waals surface area contributed by atoms with Gasteiger partial charge in [0.25, 0.3) is 0 Å². The average molecular weight is 355 g/mol. The summed E-state index contributed by atoms with van der Waals surface area (Å²) in [6.07, 6.45) is 7.94. The quantitative estimate of drug-likeness (QED) is 0.741. The van der Waals surface area contributed by atoms with Gasteiger partial charge < -0.3 is 11.1 Å². The Morgan fingerprint density at radius 2 is 2.10 bits per heavy atom. The summed E-state index contributed by atoms with van der Waals surface area (Å²) >= 11 is 8.65. The zero-order valence-corrected chi connectivity index (χ0v) is 14.4. The van der Waals surface area contributed by atoms with Crippen LogP contribution in [0.3, 0.4) is 0 Å². The Balaban J connectivity index is 2.16. The first-order valence-corrected chi connectivity index (χ1v) is 8.67. The van der Waals surface area contributed by atoms with Crippen LogP contribution in [-0.4, -0.2) is 11.0 Å². The molecule has 1 aromatic rings. The minimum Gasteiger partial charge on any atom is -0.389 e. The van der Waals surface area contributed by atoms with Crippen LogP contribution in [0, 0.1) is 5.92 Å². The summed E-state index contributed by atoms with van der Waals surface area (Å²) in [5.74, 6) is 0.775. The Morgan fingerprint density at radius 3 is 2.70 bits per heavy atom. The molecule has 1 aromatic carbocycles. The smallest absolute Gasteiger partial charge is 0.106 e. The molecule has 0 aliphatic heterocycles. The molecule has 0 amide bonds. The lowest BCUT2D eigenvalue weighted by Gasteiger charge is -2.31. The molecular formula is C16H23BrN2S. The monoisotopic (exact) mass is 354 g/mol. The third-order valence-electron chi connectivity index (χ3n) is 4.25. The van der Waals surface area contributed by atoms with Gasteiger partial charge >= 0.3 is 0 Å². The summed E-state index contributed by atoms with van der Waals surface area (Å²) in [6.45, 7) is 2.26. The predicted octanol–water partition coefficient (Wildman–Crippen LogP) is 4.85. The highest BCUT2D eigenvalue weighted by molar-refractivity contribution is 9.10. The second-order valence-corrected chi connectivity index (χ2v) is 6.97. The summed E-state index contributed by atoms with van der Waals surface area (Å²) in [7, 11) is 0. The molecule has 1 saturated carbocycles. The van der Waals surface area contributed by atoms with Crippen molar-refractivity contribution in [3.05, 3.63) is 28.2 Å². The number of rotatable bonds is 5. The minimum atomic E-state index is 0.451. The van der Waals surface area contributed by atoms with E-state index < -0.39 is 0 Å². The molecule has 0 saturated heterocycles. The van der Waals surface area contributed by atoms with Crippen molar-refractivity contribution in [1.82, 2.24) is 0 Å². The van der Waals surface area contributed by atoms with E-state index in [0.29, 0.717) is 11.0 Å². The first-order valence-electron chi connectivity index (χ1n) is 7.47. The third-order valence-corrected chi connectivity index (χ3v) is 4.96. The molecule has 0 radical (unpaired) electrons. The van der Waals surface area contributed by atoms with E-state index >= 15 is 0 Å². The van der Waals surface area contributed by atoms with E-state index in [-0.39, 0.29) is 0 Å². The van der Waals surface area contributed by atoms with Crippen LogP contribution in [0.25, 0.3) is 0 Å². The largest absolute Gasteiger partial charge is 0.389 e. The van der Waals surface area contributed by atoms with Gasteiger partial charge in [-0.25, -0.2) is 0 Å². The SMILES string of the molecule is CCC(Nc1ccc(Br)cc1C(N)=S)C1CCCCC1. The summed E-state index contributed by atoms with van der Waals surface area (Å²) in [4.78, 5) is 0.451. The fourth-order valence-corrected chi connectivity index (χ4v) is 3.67. The lowest BCUT2D eigenvalue weighted by Crippen LogP contribution is -2.31. The molecule has 0 spiro atoms. The van der Waals surface area contributed by atoms with Crippen molar-refractivity contribution in [2.24, 2.45) is 11.7 Å². The zero-order chi connectivity index (χ0) is 14.5. The van der Waals surface area contributed by atoms with Crippen molar-refractivity contribution < 1.29 is 0 Å². The number of anilines is 1. The van der Waals surface area contributed by atoms with Gasteiger partial charge in [0, 0.05) is 21.8 Å². The molecule has 0 aromatic heterocycles. The average Bonchev–Trinajstić information content (AvgIpc) is 2.46. The fraction of sp³-hybridized carbons (Fsp3) is 0.562. The molecule has 20 heavy (non-hydrogen) atoms. The molecular weight excluding hydrogens is 332 g/mol. The summed E-state index contributed by atoms with van der Waals surface area (Å²) in [5, 5.41) is 3.69. The molecule has 0 bridgehead atoms. The minimum absolute atomic E-state index is 0.451. The highest BCUT2D eigenvalue weighted by atomic mass is 79.9. The topological polar surface area (TPSA) is 38.0 Å². The Morgan fingerprint density at radius 1 is 1.40 bits per heavy atom. The van der Waals surface area contributed by atoms with E-state index in [1.54, 1.807) is 0 Å². The van der Waals surface area contributed by atoms with E-state index in [1.807, 2.05) is 12.1 Å². The number of hydrogen-bond acceptors (Lipinski definition) is 2. The van der Waals surface area contributed by atoms with Crippen molar-refractivity contribution in [3.8, 4) is 0 Å². The normalized spacial score (nSPS) is 17.7. The van der Waals surface area contributed by atoms with E-state index in [2.05, 4.69) is 34.2 Å². The molecule has 1 aliphatic carbocycles. The Hall–Kier alpha value is -0.610. The standard InChI is InChI=1S/C16H23BrN2S/c1-2-14(11-6-4-3-5-7-11)19-15-9-8-12(17)10-13(15)16(18)20/h8-11,14,19H,2-7H2,1H3,(H2,18,20). The maximum Gasteiger partial charge on any atom is 0.106 e. The lowest BCUT2D eigenvalue weighted by atomic mass is 9.82. The van der Waals surface area contributed by atoms with Crippen LogP contribution in [0.15, 0.2) is 22.7 Å². The predicted molar refractivity (Wildman–Crippen MR) is 94.3 cm³/mol. The van der Waals surface area contributed by atoms with E-state index in [4.69, 9.17) is 18.0 Å². The molecule has 1 aliphatic rings. The maximum absolute atomic E-state index is 5.85. The van der Waals surface area contributed by atoms with E-state index in [9.17, 15) is 0 Å². The Bertz CT molecular complexity index is 470. The second kappa shape index (κ2) is 7.41. The summed E-state index contributed by atoms with van der Waals surface area (Å²) < 4.78 is 1.01. The van der Waals surface area contributed by atoms with Crippen molar-refractivity contribution in [3.63, 3.8) is 0 Å². The van der Waals surface area contributed by atoms with Crippen LogP contribution in [0.5, 0.6) is 0 Å². The Kier molecular flexibility index (Phi) is 5.85. The van der Waals surface area contributed by atoms with E-state index in [0.717, 1.165) is 28.1 Å². The van der Waals surface area contributed by atoms with Crippen molar-refractivity contribution in [2.75, 3.05) is 5.32 Å². The van der Waals surface area contributed by atoms with Crippen LogP contribution < -0.4 is 11.1 Å². The van der Waals surface area contributed by atoms with Crippen molar-refractivity contribution in [2.45, 2.75) is 51.5 Å². The highest BCUT2D eigenvalue weighted by Crippen LogP contribution is 2.31. The van der Waals surface area contributed by atoms with Crippen LogP contribution in [0.2, 0.25) is 0 Å². The third kappa shape index (κ3) is 3.95. The Labute approximate surface area is 135 Å². The molecule has 4 heteroatoms. The first kappa shape index (κ1) is 15.8. The van der Waals surface area contributed by atoms with Crippen molar-refractivity contribution >= 4 is 38.8 Å². The molecule has 3 N–H and O–H groups in total. The van der Waals surface area contributed by atoms with Gasteiger partial charge in [0.15, 0.2) is 0 Å². The number of hydrogen-bond donors (Lipinski definition) is 2. The molecule has 1 atom stereocenters. The molecule has 1 fully saturated rings. The molecule has 0 heterocycles. The zero-order valence-electron chi connectivity index (χ0n) is 12.0. The van der Waals surface area contributed by atoms with E-state index in [1.165, 1.54) is 32.1 Å². The molecule has 2 rings (SSSR count). The first-order chi connectivity index (χ1) is 9.61. The van der Waals surface area contributed by atoms with Crippen LogP contribution >= 0.6 is 28.1 Å². The molecule has 2 nitrogen and oxygen atoms in total. The van der Waals surface area contributed by atoms with Gasteiger partial charge in [-0.2, -0.15) is 0 Å². The number of benzene rings is 1. The van der Waals surface area contributed by atoms with Gasteiger partial charge in [-0.3, -0.25) is 0 Å². The summed E-state index contributed by atoms with van der Waals surface area (Å²) in [5.41, 5.74) is 7.85. The van der Waals surface area contributed by atoms with Crippen LogP contribution in [-0.2, 0) is 0 Å². The lowest BCUT2D eigenvalue weighted by molar-refractivity contribution is 0.313. The number of thiocarbonyl (C=S) groups is 1.